The van der Waals surface area contributed by atoms with Gasteiger partial charge in [-0.1, -0.05) is 12.1 Å². The fourth-order valence-electron chi connectivity index (χ4n) is 2.74. The molecule has 0 radical (unpaired) electrons. The molecule has 21 heavy (non-hydrogen) atoms. The number of amides is 1. The Morgan fingerprint density at radius 2 is 2.33 bits per heavy atom. The van der Waals surface area contributed by atoms with Crippen molar-refractivity contribution in [2.45, 2.75) is 19.9 Å². The molecule has 1 amide bonds. The van der Waals surface area contributed by atoms with Crippen molar-refractivity contribution in [2.75, 3.05) is 13.2 Å². The number of benzene rings is 1. The van der Waals surface area contributed by atoms with Crippen LogP contribution >= 0.6 is 0 Å². The van der Waals surface area contributed by atoms with E-state index in [2.05, 4.69) is 23.3 Å². The number of aromatic amines is 1. The number of H-pyrrole nitrogens is 1. The van der Waals surface area contributed by atoms with Crippen molar-refractivity contribution in [1.82, 2.24) is 10.3 Å². The summed E-state index contributed by atoms with van der Waals surface area (Å²) in [7, 11) is 0. The molecular weight excluding hydrogens is 268 g/mol. The molecule has 0 saturated carbocycles. The highest BCUT2D eigenvalue weighted by Gasteiger charge is 2.14. The average Bonchev–Trinajstić information content (AvgIpc) is 2.83. The van der Waals surface area contributed by atoms with Gasteiger partial charge in [-0.25, -0.2) is 4.79 Å². The monoisotopic (exact) mass is 286 g/mol. The quantitative estimate of drug-likeness (QED) is 0.812. The van der Waals surface area contributed by atoms with E-state index in [4.69, 9.17) is 9.84 Å². The number of rotatable bonds is 3. The number of ether oxygens (including phenoxy) is 1. The van der Waals surface area contributed by atoms with E-state index in [0.29, 0.717) is 13.2 Å². The van der Waals surface area contributed by atoms with E-state index in [-0.39, 0.29) is 0 Å². The fraction of sp³-hybridized carbons (Fsp3) is 0.312. The highest BCUT2D eigenvalue weighted by molar-refractivity contribution is 5.89. The smallest absolute Gasteiger partial charge is 0.404 e. The Morgan fingerprint density at radius 1 is 1.48 bits per heavy atom. The van der Waals surface area contributed by atoms with Crippen LogP contribution in [0.25, 0.3) is 16.5 Å². The average molecular weight is 286 g/mol. The van der Waals surface area contributed by atoms with Gasteiger partial charge in [0.05, 0.1) is 13.2 Å². The Hall–Kier alpha value is -2.27. The molecule has 1 aromatic carbocycles. The summed E-state index contributed by atoms with van der Waals surface area (Å²) >= 11 is 0. The highest BCUT2D eigenvalue weighted by Crippen LogP contribution is 2.30. The lowest BCUT2D eigenvalue weighted by Crippen LogP contribution is -2.19. The van der Waals surface area contributed by atoms with E-state index in [1.165, 1.54) is 11.1 Å². The van der Waals surface area contributed by atoms with Gasteiger partial charge in [0.2, 0.25) is 0 Å². The van der Waals surface area contributed by atoms with Gasteiger partial charge in [0.25, 0.3) is 0 Å². The number of hydrogen-bond donors (Lipinski definition) is 3. The lowest BCUT2D eigenvalue weighted by molar-refractivity contribution is 0.161. The van der Waals surface area contributed by atoms with Crippen LogP contribution in [0.15, 0.2) is 24.3 Å². The number of hydrogen-bond acceptors (Lipinski definition) is 2. The molecule has 0 saturated heterocycles. The van der Waals surface area contributed by atoms with Crippen LogP contribution in [0.4, 0.5) is 4.79 Å². The molecule has 110 valence electrons. The molecule has 0 bridgehead atoms. The van der Waals surface area contributed by atoms with Gasteiger partial charge in [0.1, 0.15) is 0 Å². The molecule has 1 aliphatic rings. The van der Waals surface area contributed by atoms with Gasteiger partial charge < -0.3 is 20.1 Å². The second kappa shape index (κ2) is 5.61. The summed E-state index contributed by atoms with van der Waals surface area (Å²) in [5.41, 5.74) is 5.70. The molecule has 0 aliphatic carbocycles. The molecular formula is C16H18N2O3. The number of aryl methyl sites for hydroxylation is 1. The van der Waals surface area contributed by atoms with Gasteiger partial charge in [-0.05, 0) is 42.2 Å². The van der Waals surface area contributed by atoms with Crippen molar-refractivity contribution in [1.29, 1.82) is 0 Å². The molecule has 2 aromatic rings. The first kappa shape index (κ1) is 13.7. The number of nitrogens with one attached hydrogen (secondary N) is 2. The van der Waals surface area contributed by atoms with Crippen molar-refractivity contribution >= 4 is 22.6 Å². The van der Waals surface area contributed by atoms with E-state index in [9.17, 15) is 4.79 Å². The molecule has 0 fully saturated rings. The minimum absolute atomic E-state index is 0.321. The summed E-state index contributed by atoms with van der Waals surface area (Å²) in [6.45, 7) is 3.84. The topological polar surface area (TPSA) is 74.3 Å². The van der Waals surface area contributed by atoms with Crippen molar-refractivity contribution in [3.05, 3.63) is 41.1 Å². The van der Waals surface area contributed by atoms with Gasteiger partial charge in [-0.15, -0.1) is 0 Å². The minimum atomic E-state index is -1.01. The summed E-state index contributed by atoms with van der Waals surface area (Å²) in [5, 5.41) is 12.2. The molecule has 0 atom stereocenters. The maximum absolute atomic E-state index is 10.6. The molecule has 0 unspecified atom stereocenters. The second-order valence-electron chi connectivity index (χ2n) is 5.22. The number of aromatic nitrogens is 1. The Kier molecular flexibility index (Phi) is 3.66. The van der Waals surface area contributed by atoms with Gasteiger partial charge >= 0.3 is 6.09 Å². The van der Waals surface area contributed by atoms with Crippen LogP contribution < -0.4 is 5.32 Å². The van der Waals surface area contributed by atoms with Crippen LogP contribution in [-0.2, 0) is 11.3 Å². The Balaban J connectivity index is 1.96. The molecule has 0 spiro atoms. The van der Waals surface area contributed by atoms with Crippen molar-refractivity contribution in [2.24, 2.45) is 0 Å². The third-order valence-corrected chi connectivity index (χ3v) is 3.85. The van der Waals surface area contributed by atoms with Crippen molar-refractivity contribution in [3.63, 3.8) is 0 Å². The van der Waals surface area contributed by atoms with Gasteiger partial charge in [-0.3, -0.25) is 0 Å². The molecule has 5 heteroatoms. The number of carbonyl (C=O) groups is 1. The first-order valence-corrected chi connectivity index (χ1v) is 7.00. The van der Waals surface area contributed by atoms with E-state index in [1.807, 2.05) is 18.2 Å². The molecule has 1 aliphatic heterocycles. The summed E-state index contributed by atoms with van der Waals surface area (Å²) in [5.74, 6) is 0. The Labute approximate surface area is 122 Å². The summed E-state index contributed by atoms with van der Waals surface area (Å²) < 4.78 is 5.35. The Morgan fingerprint density at radius 3 is 3.05 bits per heavy atom. The Bertz CT molecular complexity index is 716. The van der Waals surface area contributed by atoms with Crippen LogP contribution in [0, 0.1) is 6.92 Å². The third-order valence-electron chi connectivity index (χ3n) is 3.85. The van der Waals surface area contributed by atoms with E-state index in [0.717, 1.165) is 35.2 Å². The normalized spacial score (nSPS) is 15.0. The summed E-state index contributed by atoms with van der Waals surface area (Å²) in [4.78, 5) is 14.0. The maximum Gasteiger partial charge on any atom is 0.404 e. The molecule has 3 N–H and O–H groups in total. The number of carboxylic acid groups (broad SMARTS) is 1. The molecule has 5 nitrogen and oxygen atoms in total. The largest absolute Gasteiger partial charge is 0.465 e. The molecule has 1 aromatic heterocycles. The van der Waals surface area contributed by atoms with E-state index in [1.54, 1.807) is 0 Å². The lowest BCUT2D eigenvalue weighted by atomic mass is 10.0. The summed E-state index contributed by atoms with van der Waals surface area (Å²) in [6.07, 6.45) is 2.03. The standard InChI is InChI=1S/C16H18N2O3/c1-10-13-8-11(9-17-16(19)20)2-3-14(13)18-15(10)12-4-6-21-7-5-12/h2-4,8,17-18H,5-7,9H2,1H3,(H,19,20). The van der Waals surface area contributed by atoms with Crippen molar-refractivity contribution < 1.29 is 14.6 Å². The fourth-order valence-corrected chi connectivity index (χ4v) is 2.74. The second-order valence-corrected chi connectivity index (χ2v) is 5.22. The lowest BCUT2D eigenvalue weighted by Gasteiger charge is -2.13. The zero-order valence-electron chi connectivity index (χ0n) is 11.9. The zero-order valence-corrected chi connectivity index (χ0v) is 11.9. The van der Waals surface area contributed by atoms with Gasteiger partial charge in [0.15, 0.2) is 0 Å². The highest BCUT2D eigenvalue weighted by atomic mass is 16.5. The number of fused-ring (bicyclic) bond motifs is 1. The first-order chi connectivity index (χ1) is 10.1. The molecule has 3 rings (SSSR count). The van der Waals surface area contributed by atoms with Crippen LogP contribution in [-0.4, -0.2) is 29.4 Å². The predicted octanol–water partition coefficient (Wildman–Crippen LogP) is 3.05. The van der Waals surface area contributed by atoms with Crippen LogP contribution in [0.3, 0.4) is 0 Å². The van der Waals surface area contributed by atoms with Crippen LogP contribution in [0.1, 0.15) is 23.2 Å². The molecule has 2 heterocycles. The van der Waals surface area contributed by atoms with Crippen LogP contribution in [0.5, 0.6) is 0 Å². The maximum atomic E-state index is 10.6. The SMILES string of the molecule is Cc1c(C2=CCOCC2)[nH]c2ccc(CNC(=O)O)cc12. The minimum Gasteiger partial charge on any atom is -0.465 e. The summed E-state index contributed by atoms with van der Waals surface area (Å²) in [6, 6.07) is 5.99. The predicted molar refractivity (Wildman–Crippen MR) is 81.3 cm³/mol. The van der Waals surface area contributed by atoms with E-state index >= 15 is 0 Å². The third kappa shape index (κ3) is 2.78. The van der Waals surface area contributed by atoms with Gasteiger partial charge in [0, 0.05) is 23.1 Å². The van der Waals surface area contributed by atoms with Gasteiger partial charge in [-0.2, -0.15) is 0 Å². The zero-order chi connectivity index (χ0) is 14.8. The first-order valence-electron chi connectivity index (χ1n) is 7.00. The van der Waals surface area contributed by atoms with Crippen LogP contribution in [0.2, 0.25) is 0 Å². The van der Waals surface area contributed by atoms with E-state index < -0.39 is 6.09 Å². The van der Waals surface area contributed by atoms with Crippen molar-refractivity contribution in [3.8, 4) is 0 Å².